The number of carbonyl (C=O) groups is 2. The molecule has 6 nitrogen and oxygen atoms in total. The van der Waals surface area contributed by atoms with Gasteiger partial charge in [0.2, 0.25) is 0 Å². The summed E-state index contributed by atoms with van der Waals surface area (Å²) in [6.45, 7) is 3.28. The number of H-pyrrole nitrogens is 1. The van der Waals surface area contributed by atoms with Crippen LogP contribution in [0, 0.1) is 18.8 Å². The van der Waals surface area contributed by atoms with Gasteiger partial charge in [-0.05, 0) is 68.8 Å². The SMILES string of the molecule is Cc1cc(C#CC2(NC(=O)c3cc4ccccc4[nH]3)CCNCC2)ccc1C(=O)O. The van der Waals surface area contributed by atoms with Crippen LogP contribution in [0.4, 0.5) is 0 Å². The molecule has 4 rings (SSSR count). The maximum atomic E-state index is 13.0. The molecule has 6 heteroatoms. The van der Waals surface area contributed by atoms with Crippen molar-refractivity contribution in [3.63, 3.8) is 0 Å². The Labute approximate surface area is 174 Å². The smallest absolute Gasteiger partial charge is 0.335 e. The first-order valence-corrected chi connectivity index (χ1v) is 9.94. The van der Waals surface area contributed by atoms with Crippen molar-refractivity contribution >= 4 is 22.8 Å². The summed E-state index contributed by atoms with van der Waals surface area (Å²) in [5.41, 5.74) is 2.45. The molecule has 1 aliphatic rings. The summed E-state index contributed by atoms with van der Waals surface area (Å²) in [4.78, 5) is 27.4. The molecule has 1 saturated heterocycles. The number of hydrogen-bond donors (Lipinski definition) is 4. The summed E-state index contributed by atoms with van der Waals surface area (Å²) in [7, 11) is 0. The van der Waals surface area contributed by atoms with Crippen molar-refractivity contribution in [1.82, 2.24) is 15.6 Å². The molecule has 0 saturated carbocycles. The fourth-order valence-electron chi connectivity index (χ4n) is 3.79. The largest absolute Gasteiger partial charge is 0.478 e. The number of amides is 1. The average Bonchev–Trinajstić information content (AvgIpc) is 3.17. The Morgan fingerprint density at radius 1 is 1.10 bits per heavy atom. The van der Waals surface area contributed by atoms with E-state index in [4.69, 9.17) is 0 Å². The lowest BCUT2D eigenvalue weighted by Gasteiger charge is -2.33. The van der Waals surface area contributed by atoms with Gasteiger partial charge in [0.15, 0.2) is 0 Å². The normalized spacial score (nSPS) is 15.2. The van der Waals surface area contributed by atoms with Crippen LogP contribution >= 0.6 is 0 Å². The maximum Gasteiger partial charge on any atom is 0.335 e. The first-order valence-electron chi connectivity index (χ1n) is 9.94. The van der Waals surface area contributed by atoms with Crippen molar-refractivity contribution < 1.29 is 14.7 Å². The Balaban J connectivity index is 1.60. The van der Waals surface area contributed by atoms with E-state index in [-0.39, 0.29) is 11.5 Å². The molecule has 4 N–H and O–H groups in total. The summed E-state index contributed by atoms with van der Waals surface area (Å²) < 4.78 is 0. The molecule has 1 aromatic heterocycles. The molecule has 1 fully saturated rings. The highest BCUT2D eigenvalue weighted by atomic mass is 16.4. The minimum atomic E-state index is -0.951. The quantitative estimate of drug-likeness (QED) is 0.508. The maximum absolute atomic E-state index is 13.0. The number of para-hydroxylation sites is 1. The minimum absolute atomic E-state index is 0.181. The van der Waals surface area contributed by atoms with Gasteiger partial charge in [-0.2, -0.15) is 0 Å². The number of benzene rings is 2. The number of carboxylic acids is 1. The van der Waals surface area contributed by atoms with Crippen LogP contribution in [0.5, 0.6) is 0 Å². The number of aromatic nitrogens is 1. The summed E-state index contributed by atoms with van der Waals surface area (Å²) in [6, 6.07) is 14.7. The number of carbonyl (C=O) groups excluding carboxylic acids is 1. The highest BCUT2D eigenvalue weighted by Crippen LogP contribution is 2.21. The number of aryl methyl sites for hydroxylation is 1. The lowest BCUT2D eigenvalue weighted by atomic mass is 9.88. The zero-order valence-corrected chi connectivity index (χ0v) is 16.7. The van der Waals surface area contributed by atoms with E-state index in [1.807, 2.05) is 30.3 Å². The Kier molecular flexibility index (Phi) is 5.30. The highest BCUT2D eigenvalue weighted by Gasteiger charge is 2.32. The van der Waals surface area contributed by atoms with E-state index in [1.165, 1.54) is 0 Å². The lowest BCUT2D eigenvalue weighted by molar-refractivity contribution is 0.0695. The molecular formula is C24H23N3O3. The third kappa shape index (κ3) is 4.07. The zero-order chi connectivity index (χ0) is 21.1. The van der Waals surface area contributed by atoms with Gasteiger partial charge in [-0.3, -0.25) is 4.79 Å². The van der Waals surface area contributed by atoms with Crippen LogP contribution in [0.3, 0.4) is 0 Å². The molecule has 0 atom stereocenters. The standard InChI is InChI=1S/C24H23N3O3/c1-16-14-17(6-7-19(16)23(29)30)8-9-24(10-12-25-13-11-24)27-22(28)21-15-18-4-2-3-5-20(18)26-21/h2-7,14-15,25-26H,10-13H2,1H3,(H,27,28)(H,29,30). The third-order valence-electron chi connectivity index (χ3n) is 5.49. The molecule has 0 unspecified atom stereocenters. The fraction of sp³-hybridized carbons (Fsp3) is 0.250. The van der Waals surface area contributed by atoms with Crippen molar-refractivity contribution in [2.24, 2.45) is 0 Å². The Bertz CT molecular complexity index is 1140. The third-order valence-corrected chi connectivity index (χ3v) is 5.49. The summed E-state index contributed by atoms with van der Waals surface area (Å²) >= 11 is 0. The number of carboxylic acid groups (broad SMARTS) is 1. The summed E-state index contributed by atoms with van der Waals surface area (Å²) in [5.74, 6) is 5.30. The van der Waals surface area contributed by atoms with E-state index in [0.717, 1.165) is 29.6 Å². The zero-order valence-electron chi connectivity index (χ0n) is 16.7. The van der Waals surface area contributed by atoms with E-state index in [2.05, 4.69) is 27.5 Å². The van der Waals surface area contributed by atoms with Crippen molar-refractivity contribution in [1.29, 1.82) is 0 Å². The average molecular weight is 401 g/mol. The van der Waals surface area contributed by atoms with Gasteiger partial charge in [0.05, 0.1) is 5.56 Å². The fourth-order valence-corrected chi connectivity index (χ4v) is 3.79. The number of hydrogen-bond acceptors (Lipinski definition) is 3. The minimum Gasteiger partial charge on any atom is -0.478 e. The predicted molar refractivity (Wildman–Crippen MR) is 116 cm³/mol. The number of aromatic carboxylic acids is 1. The lowest BCUT2D eigenvalue weighted by Crippen LogP contribution is -2.53. The number of piperidine rings is 1. The predicted octanol–water partition coefficient (Wildman–Crippen LogP) is 3.08. The Morgan fingerprint density at radius 3 is 2.57 bits per heavy atom. The molecule has 0 spiro atoms. The number of rotatable bonds is 3. The Morgan fingerprint density at radius 2 is 1.87 bits per heavy atom. The summed E-state index contributed by atoms with van der Waals surface area (Å²) in [5, 5.41) is 16.6. The van der Waals surface area contributed by atoms with Crippen molar-refractivity contribution in [3.05, 3.63) is 70.9 Å². The van der Waals surface area contributed by atoms with E-state index in [0.29, 0.717) is 24.1 Å². The molecule has 0 bridgehead atoms. The number of nitrogens with one attached hydrogen (secondary N) is 3. The molecule has 2 heterocycles. The number of fused-ring (bicyclic) bond motifs is 1. The topological polar surface area (TPSA) is 94.2 Å². The second-order valence-corrected chi connectivity index (χ2v) is 7.64. The monoisotopic (exact) mass is 401 g/mol. The van der Waals surface area contributed by atoms with E-state index < -0.39 is 11.5 Å². The first-order chi connectivity index (χ1) is 14.5. The molecule has 2 aromatic carbocycles. The van der Waals surface area contributed by atoms with Crippen LogP contribution in [-0.2, 0) is 0 Å². The van der Waals surface area contributed by atoms with Gasteiger partial charge in [-0.1, -0.05) is 30.0 Å². The van der Waals surface area contributed by atoms with Crippen LogP contribution in [0.1, 0.15) is 44.8 Å². The van der Waals surface area contributed by atoms with E-state index in [1.54, 1.807) is 25.1 Å². The second kappa shape index (κ2) is 8.05. The molecular weight excluding hydrogens is 378 g/mol. The Hall–Kier alpha value is -3.56. The van der Waals surface area contributed by atoms with Crippen LogP contribution in [-0.4, -0.2) is 40.6 Å². The van der Waals surface area contributed by atoms with Crippen LogP contribution in [0.2, 0.25) is 0 Å². The highest BCUT2D eigenvalue weighted by molar-refractivity contribution is 5.98. The van der Waals surface area contributed by atoms with Crippen molar-refractivity contribution in [2.45, 2.75) is 25.3 Å². The van der Waals surface area contributed by atoms with Gasteiger partial charge in [-0.25, -0.2) is 4.79 Å². The summed E-state index contributed by atoms with van der Waals surface area (Å²) in [6.07, 6.45) is 1.39. The van der Waals surface area contributed by atoms with E-state index in [9.17, 15) is 14.7 Å². The van der Waals surface area contributed by atoms with Crippen LogP contribution in [0.15, 0.2) is 48.5 Å². The van der Waals surface area contributed by atoms with Crippen molar-refractivity contribution in [3.8, 4) is 11.8 Å². The van der Waals surface area contributed by atoms with Gasteiger partial charge in [0.25, 0.3) is 5.91 Å². The van der Waals surface area contributed by atoms with Gasteiger partial charge in [0.1, 0.15) is 11.2 Å². The van der Waals surface area contributed by atoms with Gasteiger partial charge in [0, 0.05) is 16.5 Å². The first kappa shape index (κ1) is 19.7. The van der Waals surface area contributed by atoms with Crippen LogP contribution in [0.25, 0.3) is 10.9 Å². The molecule has 30 heavy (non-hydrogen) atoms. The molecule has 1 amide bonds. The molecule has 1 aliphatic heterocycles. The van der Waals surface area contributed by atoms with Crippen LogP contribution < -0.4 is 10.6 Å². The molecule has 0 radical (unpaired) electrons. The van der Waals surface area contributed by atoms with E-state index >= 15 is 0 Å². The van der Waals surface area contributed by atoms with Crippen molar-refractivity contribution in [2.75, 3.05) is 13.1 Å². The van der Waals surface area contributed by atoms with Gasteiger partial charge >= 0.3 is 5.97 Å². The number of aromatic amines is 1. The second-order valence-electron chi connectivity index (χ2n) is 7.64. The van der Waals surface area contributed by atoms with Gasteiger partial charge in [-0.15, -0.1) is 0 Å². The molecule has 152 valence electrons. The molecule has 0 aliphatic carbocycles. The molecule has 3 aromatic rings. The van der Waals surface area contributed by atoms with Gasteiger partial charge < -0.3 is 20.7 Å².